The summed E-state index contributed by atoms with van der Waals surface area (Å²) in [6.07, 6.45) is 0.862. The normalized spacial score (nSPS) is 18.9. The minimum atomic E-state index is -3.43. The first-order valence-electron chi connectivity index (χ1n) is 6.68. The molecule has 5 heteroatoms. The lowest BCUT2D eigenvalue weighted by Crippen LogP contribution is -2.35. The van der Waals surface area contributed by atoms with Crippen LogP contribution in [0.25, 0.3) is 0 Å². The number of hydrogen-bond donors (Lipinski definition) is 0. The van der Waals surface area contributed by atoms with E-state index in [0.717, 1.165) is 22.5 Å². The molecule has 1 aromatic heterocycles. The summed E-state index contributed by atoms with van der Waals surface area (Å²) in [5, 5.41) is 0. The van der Waals surface area contributed by atoms with Crippen LogP contribution < -0.4 is 4.31 Å². The lowest BCUT2D eigenvalue weighted by molar-refractivity contribution is 0.580. The Labute approximate surface area is 123 Å². The van der Waals surface area contributed by atoms with E-state index < -0.39 is 10.0 Å². The fourth-order valence-electron chi connectivity index (χ4n) is 2.63. The Hall–Kier alpha value is -1.33. The van der Waals surface area contributed by atoms with Crippen LogP contribution >= 0.6 is 11.3 Å². The molecule has 0 bridgehead atoms. The zero-order valence-corrected chi connectivity index (χ0v) is 13.2. The van der Waals surface area contributed by atoms with Crippen molar-refractivity contribution >= 4 is 27.0 Å². The molecule has 1 aliphatic heterocycles. The SMILES string of the molecule is Cc1ccc(S(=O)(=O)N2CCC(C)c3ccccc32)s1. The molecule has 1 aromatic carbocycles. The second kappa shape index (κ2) is 4.90. The van der Waals surface area contributed by atoms with Gasteiger partial charge in [-0.1, -0.05) is 25.1 Å². The van der Waals surface area contributed by atoms with Crippen molar-refractivity contribution in [3.05, 3.63) is 46.8 Å². The number of hydrogen-bond acceptors (Lipinski definition) is 3. The average Bonchev–Trinajstić information content (AvgIpc) is 2.87. The van der Waals surface area contributed by atoms with Gasteiger partial charge in [-0.05, 0) is 43.0 Å². The lowest BCUT2D eigenvalue weighted by Gasteiger charge is -2.33. The highest BCUT2D eigenvalue weighted by Crippen LogP contribution is 2.38. The van der Waals surface area contributed by atoms with E-state index in [9.17, 15) is 8.42 Å². The summed E-state index contributed by atoms with van der Waals surface area (Å²) in [7, 11) is -3.43. The van der Waals surface area contributed by atoms with Gasteiger partial charge < -0.3 is 0 Å². The van der Waals surface area contributed by atoms with Crippen molar-refractivity contribution in [3.63, 3.8) is 0 Å². The van der Waals surface area contributed by atoms with Gasteiger partial charge in [0.15, 0.2) is 0 Å². The van der Waals surface area contributed by atoms with Crippen LogP contribution in [0, 0.1) is 6.92 Å². The Kier molecular flexibility index (Phi) is 3.34. The van der Waals surface area contributed by atoms with E-state index in [1.807, 2.05) is 37.3 Å². The second-order valence-electron chi connectivity index (χ2n) is 5.19. The molecule has 0 spiro atoms. The minimum Gasteiger partial charge on any atom is -0.265 e. The van der Waals surface area contributed by atoms with E-state index in [1.54, 1.807) is 10.4 Å². The van der Waals surface area contributed by atoms with E-state index in [1.165, 1.54) is 11.3 Å². The Balaban J connectivity index is 2.10. The highest BCUT2D eigenvalue weighted by molar-refractivity contribution is 7.94. The molecule has 2 heterocycles. The summed E-state index contributed by atoms with van der Waals surface area (Å²) in [4.78, 5) is 1.02. The number of thiophene rings is 1. The average molecular weight is 307 g/mol. The molecule has 1 unspecified atom stereocenters. The zero-order valence-electron chi connectivity index (χ0n) is 11.5. The van der Waals surface area contributed by atoms with E-state index in [-0.39, 0.29) is 0 Å². The standard InChI is InChI=1S/C15H17NO2S2/c1-11-9-10-16(14-6-4-3-5-13(11)14)20(17,18)15-8-7-12(2)19-15/h3-8,11H,9-10H2,1-2H3. The van der Waals surface area contributed by atoms with Crippen LogP contribution in [-0.2, 0) is 10.0 Å². The van der Waals surface area contributed by atoms with Crippen LogP contribution in [0.5, 0.6) is 0 Å². The van der Waals surface area contributed by atoms with Crippen LogP contribution in [0.1, 0.15) is 29.7 Å². The van der Waals surface area contributed by atoms with E-state index in [4.69, 9.17) is 0 Å². The Morgan fingerprint density at radius 1 is 1.20 bits per heavy atom. The summed E-state index contributed by atoms with van der Waals surface area (Å²) >= 11 is 1.33. The van der Waals surface area contributed by atoms with Crippen molar-refractivity contribution < 1.29 is 8.42 Å². The van der Waals surface area contributed by atoms with Gasteiger partial charge in [0.25, 0.3) is 10.0 Å². The summed E-state index contributed by atoms with van der Waals surface area (Å²) in [5.41, 5.74) is 1.95. The third-order valence-electron chi connectivity index (χ3n) is 3.76. The van der Waals surface area contributed by atoms with Crippen LogP contribution in [0.2, 0.25) is 0 Å². The molecule has 106 valence electrons. The maximum atomic E-state index is 12.8. The van der Waals surface area contributed by atoms with Crippen molar-refractivity contribution in [1.82, 2.24) is 0 Å². The second-order valence-corrected chi connectivity index (χ2v) is 8.57. The number of fused-ring (bicyclic) bond motifs is 1. The molecule has 1 atom stereocenters. The molecular weight excluding hydrogens is 290 g/mol. The van der Waals surface area contributed by atoms with Crippen LogP contribution in [0.15, 0.2) is 40.6 Å². The van der Waals surface area contributed by atoms with Crippen LogP contribution in [-0.4, -0.2) is 15.0 Å². The first-order chi connectivity index (χ1) is 9.50. The summed E-state index contributed by atoms with van der Waals surface area (Å²) < 4.78 is 27.6. The lowest BCUT2D eigenvalue weighted by atomic mass is 9.93. The van der Waals surface area contributed by atoms with Crippen molar-refractivity contribution in [2.24, 2.45) is 0 Å². The van der Waals surface area contributed by atoms with Crippen LogP contribution in [0.4, 0.5) is 5.69 Å². The molecule has 0 radical (unpaired) electrons. The molecule has 3 nitrogen and oxygen atoms in total. The van der Waals surface area contributed by atoms with Gasteiger partial charge in [0.1, 0.15) is 4.21 Å². The number of sulfonamides is 1. The third kappa shape index (κ3) is 2.15. The fraction of sp³-hybridized carbons (Fsp3) is 0.333. The number of aryl methyl sites for hydroxylation is 1. The number of para-hydroxylation sites is 1. The van der Waals surface area contributed by atoms with Crippen molar-refractivity contribution in [3.8, 4) is 0 Å². The molecule has 0 fully saturated rings. The molecule has 0 N–H and O–H groups in total. The smallest absolute Gasteiger partial charge is 0.265 e. The quantitative estimate of drug-likeness (QED) is 0.847. The van der Waals surface area contributed by atoms with Crippen molar-refractivity contribution in [1.29, 1.82) is 0 Å². The monoisotopic (exact) mass is 307 g/mol. The molecule has 0 saturated heterocycles. The minimum absolute atomic E-state index is 0.405. The summed E-state index contributed by atoms with van der Waals surface area (Å²) in [6.45, 7) is 4.63. The maximum Gasteiger partial charge on any atom is 0.273 e. The van der Waals surface area contributed by atoms with Gasteiger partial charge in [-0.15, -0.1) is 11.3 Å². The molecule has 2 aromatic rings. The molecule has 1 aliphatic rings. The van der Waals surface area contributed by atoms with E-state index in [0.29, 0.717) is 16.7 Å². The summed E-state index contributed by atoms with van der Waals surface area (Å²) in [5.74, 6) is 0.405. The van der Waals surface area contributed by atoms with Gasteiger partial charge in [-0.2, -0.15) is 0 Å². The molecule has 0 amide bonds. The molecule has 3 rings (SSSR count). The number of rotatable bonds is 2. The predicted molar refractivity (Wildman–Crippen MR) is 83.1 cm³/mol. The van der Waals surface area contributed by atoms with E-state index >= 15 is 0 Å². The maximum absolute atomic E-state index is 12.8. The molecule has 20 heavy (non-hydrogen) atoms. The third-order valence-corrected chi connectivity index (χ3v) is 7.04. The topological polar surface area (TPSA) is 37.4 Å². The van der Waals surface area contributed by atoms with Gasteiger partial charge in [0.05, 0.1) is 5.69 Å². The largest absolute Gasteiger partial charge is 0.273 e. The van der Waals surface area contributed by atoms with Gasteiger partial charge in [-0.3, -0.25) is 4.31 Å². The van der Waals surface area contributed by atoms with E-state index in [2.05, 4.69) is 6.92 Å². The molecular formula is C15H17NO2S2. The Bertz CT molecular complexity index is 734. The Morgan fingerprint density at radius 2 is 1.95 bits per heavy atom. The Morgan fingerprint density at radius 3 is 2.65 bits per heavy atom. The first kappa shape index (κ1) is 13.6. The number of anilines is 1. The van der Waals surface area contributed by atoms with Gasteiger partial charge in [0.2, 0.25) is 0 Å². The fourth-order valence-corrected chi connectivity index (χ4v) is 5.53. The van der Waals surface area contributed by atoms with Crippen molar-refractivity contribution in [2.75, 3.05) is 10.8 Å². The number of nitrogens with zero attached hydrogens (tertiary/aromatic N) is 1. The molecule has 0 aliphatic carbocycles. The number of benzene rings is 1. The van der Waals surface area contributed by atoms with Gasteiger partial charge in [-0.25, -0.2) is 8.42 Å². The summed E-state index contributed by atoms with van der Waals surface area (Å²) in [6, 6.07) is 11.4. The van der Waals surface area contributed by atoms with Crippen LogP contribution in [0.3, 0.4) is 0 Å². The molecule has 0 saturated carbocycles. The zero-order chi connectivity index (χ0) is 14.3. The first-order valence-corrected chi connectivity index (χ1v) is 8.94. The highest BCUT2D eigenvalue weighted by Gasteiger charge is 2.32. The van der Waals surface area contributed by atoms with Gasteiger partial charge in [0, 0.05) is 11.4 Å². The highest BCUT2D eigenvalue weighted by atomic mass is 32.2. The predicted octanol–water partition coefficient (Wildman–Crippen LogP) is 3.76. The van der Waals surface area contributed by atoms with Crippen molar-refractivity contribution in [2.45, 2.75) is 30.4 Å². The van der Waals surface area contributed by atoms with Gasteiger partial charge >= 0.3 is 0 Å².